The van der Waals surface area contributed by atoms with Crippen LogP contribution in [0.4, 0.5) is 4.39 Å². The molecule has 5 heteroatoms. The Morgan fingerprint density at radius 3 is 3.00 bits per heavy atom. The monoisotopic (exact) mass is 257 g/mol. The van der Waals surface area contributed by atoms with Gasteiger partial charge in [0.05, 0.1) is 0 Å². The second-order valence-electron chi connectivity index (χ2n) is 4.38. The first-order valence-electron chi connectivity index (χ1n) is 5.94. The highest BCUT2D eigenvalue weighted by molar-refractivity contribution is 6.29. The Morgan fingerprint density at radius 2 is 2.29 bits per heavy atom. The summed E-state index contributed by atoms with van der Waals surface area (Å²) < 4.78 is 13.4. The van der Waals surface area contributed by atoms with Gasteiger partial charge in [-0.15, -0.1) is 0 Å². The number of aromatic nitrogens is 1. The fourth-order valence-corrected chi connectivity index (χ4v) is 2.42. The van der Waals surface area contributed by atoms with Crippen LogP contribution in [-0.2, 0) is 0 Å². The predicted molar refractivity (Wildman–Crippen MR) is 66.4 cm³/mol. The van der Waals surface area contributed by atoms with Gasteiger partial charge in [-0.05, 0) is 43.9 Å². The van der Waals surface area contributed by atoms with Crippen LogP contribution in [0.25, 0.3) is 0 Å². The van der Waals surface area contributed by atoms with Crippen molar-refractivity contribution >= 4 is 11.6 Å². The zero-order valence-electron chi connectivity index (χ0n) is 9.92. The highest BCUT2D eigenvalue weighted by Gasteiger charge is 2.19. The van der Waals surface area contributed by atoms with E-state index in [0.29, 0.717) is 5.92 Å². The minimum atomic E-state index is -0.418. The first-order valence-corrected chi connectivity index (χ1v) is 6.31. The summed E-state index contributed by atoms with van der Waals surface area (Å²) in [4.78, 5) is 3.88. The molecule has 1 atom stereocenters. The van der Waals surface area contributed by atoms with E-state index in [0.717, 1.165) is 37.9 Å². The highest BCUT2D eigenvalue weighted by atomic mass is 35.5. The topological polar surface area (TPSA) is 28.2 Å². The Bertz CT molecular complexity index is 386. The fraction of sp³-hybridized carbons (Fsp3) is 0.583. The molecule has 1 N–H and O–H groups in total. The third kappa shape index (κ3) is 3.15. The molecule has 1 aliphatic rings. The van der Waals surface area contributed by atoms with Crippen LogP contribution >= 0.6 is 11.6 Å². The Kier molecular flexibility index (Phi) is 4.31. The largest absolute Gasteiger partial charge is 0.258 e. The highest BCUT2D eigenvalue weighted by Crippen LogP contribution is 2.28. The van der Waals surface area contributed by atoms with Gasteiger partial charge < -0.3 is 0 Å². The molecule has 0 saturated carbocycles. The number of pyridine rings is 1. The number of halogens is 2. The first kappa shape index (κ1) is 12.7. The van der Waals surface area contributed by atoms with Crippen LogP contribution in [0, 0.1) is 5.82 Å². The molecular weight excluding hydrogens is 241 g/mol. The van der Waals surface area contributed by atoms with Gasteiger partial charge in [-0.25, -0.2) is 14.4 Å². The van der Waals surface area contributed by atoms with E-state index in [2.05, 4.69) is 15.4 Å². The van der Waals surface area contributed by atoms with Crippen molar-refractivity contribution in [3.63, 3.8) is 0 Å². The number of rotatable bonds is 2. The SMILES string of the molecule is CNN1CCC[C@H](c2cnc(Cl)c(F)c2)CC1. The molecule has 2 rings (SSSR count). The molecule has 1 aromatic rings. The Labute approximate surface area is 106 Å². The van der Waals surface area contributed by atoms with Gasteiger partial charge in [0.25, 0.3) is 0 Å². The molecule has 17 heavy (non-hydrogen) atoms. The van der Waals surface area contributed by atoms with Crippen molar-refractivity contribution < 1.29 is 4.39 Å². The van der Waals surface area contributed by atoms with Crippen molar-refractivity contribution in [2.45, 2.75) is 25.2 Å². The molecule has 0 spiro atoms. The van der Waals surface area contributed by atoms with Crippen LogP contribution in [0.15, 0.2) is 12.3 Å². The van der Waals surface area contributed by atoms with Crippen LogP contribution in [-0.4, -0.2) is 30.1 Å². The van der Waals surface area contributed by atoms with E-state index in [4.69, 9.17) is 11.6 Å². The molecule has 0 amide bonds. The maximum absolute atomic E-state index is 13.4. The smallest absolute Gasteiger partial charge is 0.164 e. The third-order valence-electron chi connectivity index (χ3n) is 3.33. The number of nitrogens with one attached hydrogen (secondary N) is 1. The Balaban J connectivity index is 2.08. The maximum Gasteiger partial charge on any atom is 0.164 e. The van der Waals surface area contributed by atoms with Gasteiger partial charge in [0.2, 0.25) is 0 Å². The van der Waals surface area contributed by atoms with Crippen LogP contribution in [0.1, 0.15) is 30.7 Å². The molecule has 0 bridgehead atoms. The molecule has 94 valence electrons. The zero-order chi connectivity index (χ0) is 12.3. The van der Waals surface area contributed by atoms with Gasteiger partial charge >= 0.3 is 0 Å². The lowest BCUT2D eigenvalue weighted by molar-refractivity contribution is 0.216. The molecule has 1 aromatic heterocycles. The van der Waals surface area contributed by atoms with Crippen LogP contribution in [0.3, 0.4) is 0 Å². The second kappa shape index (κ2) is 5.76. The van der Waals surface area contributed by atoms with Crippen molar-refractivity contribution in [3.05, 3.63) is 28.8 Å². The van der Waals surface area contributed by atoms with E-state index in [1.54, 1.807) is 6.20 Å². The number of nitrogens with zero attached hydrogens (tertiary/aromatic N) is 2. The minimum Gasteiger partial charge on any atom is -0.258 e. The van der Waals surface area contributed by atoms with Crippen LogP contribution < -0.4 is 5.43 Å². The van der Waals surface area contributed by atoms with Gasteiger partial charge in [-0.2, -0.15) is 0 Å². The molecule has 0 aliphatic carbocycles. The van der Waals surface area contributed by atoms with Gasteiger partial charge in [0.1, 0.15) is 0 Å². The van der Waals surface area contributed by atoms with Crippen molar-refractivity contribution in [3.8, 4) is 0 Å². The molecular formula is C12H17ClFN3. The van der Waals surface area contributed by atoms with Crippen molar-refractivity contribution in [2.75, 3.05) is 20.1 Å². The van der Waals surface area contributed by atoms with E-state index >= 15 is 0 Å². The van der Waals surface area contributed by atoms with E-state index in [1.807, 2.05) is 7.05 Å². The summed E-state index contributed by atoms with van der Waals surface area (Å²) in [5.74, 6) is -0.0356. The van der Waals surface area contributed by atoms with Gasteiger partial charge in [0.15, 0.2) is 11.0 Å². The Hall–Kier alpha value is -0.710. The number of hydrogen-bond donors (Lipinski definition) is 1. The van der Waals surface area contributed by atoms with Crippen LogP contribution in [0.2, 0.25) is 5.15 Å². The average Bonchev–Trinajstić information content (AvgIpc) is 2.58. The molecule has 0 unspecified atom stereocenters. The lowest BCUT2D eigenvalue weighted by Crippen LogP contribution is -2.35. The second-order valence-corrected chi connectivity index (χ2v) is 4.74. The lowest BCUT2D eigenvalue weighted by Gasteiger charge is -2.18. The summed E-state index contributed by atoms with van der Waals surface area (Å²) >= 11 is 5.59. The van der Waals surface area contributed by atoms with Crippen LogP contribution in [0.5, 0.6) is 0 Å². The van der Waals surface area contributed by atoms with Crippen molar-refractivity contribution in [2.24, 2.45) is 0 Å². The predicted octanol–water partition coefficient (Wildman–Crippen LogP) is 2.58. The Morgan fingerprint density at radius 1 is 1.47 bits per heavy atom. The normalized spacial score (nSPS) is 22.4. The molecule has 1 fully saturated rings. The van der Waals surface area contributed by atoms with E-state index in [-0.39, 0.29) is 5.15 Å². The van der Waals surface area contributed by atoms with E-state index < -0.39 is 5.82 Å². The van der Waals surface area contributed by atoms with Gasteiger partial charge in [-0.1, -0.05) is 11.6 Å². The summed E-state index contributed by atoms with van der Waals surface area (Å²) in [5.41, 5.74) is 4.12. The zero-order valence-corrected chi connectivity index (χ0v) is 10.7. The van der Waals surface area contributed by atoms with E-state index in [1.165, 1.54) is 6.07 Å². The third-order valence-corrected chi connectivity index (χ3v) is 3.61. The minimum absolute atomic E-state index is 0.0424. The first-order chi connectivity index (χ1) is 8.20. The molecule has 0 aromatic carbocycles. The molecule has 1 aliphatic heterocycles. The summed E-state index contributed by atoms with van der Waals surface area (Å²) in [6.07, 6.45) is 4.89. The molecule has 2 heterocycles. The summed E-state index contributed by atoms with van der Waals surface area (Å²) in [5, 5.41) is 2.15. The van der Waals surface area contributed by atoms with Crippen molar-refractivity contribution in [1.29, 1.82) is 0 Å². The standard InChI is InChI=1S/C12H17ClFN3/c1-15-17-5-2-3-9(4-6-17)10-7-11(14)12(13)16-8-10/h7-9,15H,2-6H2,1H3/t9-/m0/s1. The summed E-state index contributed by atoms with van der Waals surface area (Å²) in [6, 6.07) is 1.52. The molecule has 0 radical (unpaired) electrons. The number of hydrazine groups is 1. The van der Waals surface area contributed by atoms with Gasteiger partial charge in [0, 0.05) is 19.3 Å². The van der Waals surface area contributed by atoms with Gasteiger partial charge in [-0.3, -0.25) is 5.43 Å². The fourth-order valence-electron chi connectivity index (χ4n) is 2.31. The molecule has 1 saturated heterocycles. The summed E-state index contributed by atoms with van der Waals surface area (Å²) in [7, 11) is 1.93. The average molecular weight is 258 g/mol. The number of hydrogen-bond acceptors (Lipinski definition) is 3. The molecule has 3 nitrogen and oxygen atoms in total. The van der Waals surface area contributed by atoms with Crippen molar-refractivity contribution in [1.82, 2.24) is 15.4 Å². The lowest BCUT2D eigenvalue weighted by atomic mass is 9.93. The maximum atomic E-state index is 13.4. The summed E-state index contributed by atoms with van der Waals surface area (Å²) in [6.45, 7) is 2.02. The van der Waals surface area contributed by atoms with E-state index in [9.17, 15) is 4.39 Å². The quantitative estimate of drug-likeness (QED) is 0.826.